The predicted molar refractivity (Wildman–Crippen MR) is 134 cm³/mol. The predicted octanol–water partition coefficient (Wildman–Crippen LogP) is 9.53. The molecule has 3 aliphatic carbocycles. The summed E-state index contributed by atoms with van der Waals surface area (Å²) in [6.07, 6.45) is 30.9. The van der Waals surface area contributed by atoms with Crippen molar-refractivity contribution in [2.75, 3.05) is 0 Å². The van der Waals surface area contributed by atoms with Gasteiger partial charge in [0.2, 0.25) is 0 Å². The van der Waals surface area contributed by atoms with E-state index in [4.69, 9.17) is 0 Å². The Morgan fingerprint density at radius 2 is 1.35 bits per heavy atom. The van der Waals surface area contributed by atoms with E-state index in [9.17, 15) is 4.79 Å². The van der Waals surface area contributed by atoms with Crippen LogP contribution in [0.1, 0.15) is 149 Å². The second-order valence-electron chi connectivity index (χ2n) is 11.9. The van der Waals surface area contributed by atoms with Crippen molar-refractivity contribution in [2.45, 2.75) is 149 Å². The molecule has 0 heterocycles. The Balaban J connectivity index is 1.59. The Morgan fingerprint density at radius 1 is 0.710 bits per heavy atom. The van der Waals surface area contributed by atoms with Crippen LogP contribution < -0.4 is 0 Å². The van der Waals surface area contributed by atoms with Crippen molar-refractivity contribution in [3.8, 4) is 0 Å². The number of unbranched alkanes of at least 4 members (excludes halogenated alkanes) is 4. The molecular formula is C30H54O. The summed E-state index contributed by atoms with van der Waals surface area (Å²) < 4.78 is 0. The fourth-order valence-electron chi connectivity index (χ4n) is 8.19. The Kier molecular flexibility index (Phi) is 10.9. The maximum atomic E-state index is 12.7. The van der Waals surface area contributed by atoms with Gasteiger partial charge in [-0.25, -0.2) is 0 Å². The lowest BCUT2D eigenvalue weighted by Gasteiger charge is -2.53. The van der Waals surface area contributed by atoms with Crippen molar-refractivity contribution in [3.05, 3.63) is 0 Å². The third-order valence-electron chi connectivity index (χ3n) is 10.1. The molecule has 0 amide bonds. The molecule has 3 rings (SSSR count). The molecule has 1 atom stereocenters. The van der Waals surface area contributed by atoms with Gasteiger partial charge in [-0.1, -0.05) is 97.3 Å². The summed E-state index contributed by atoms with van der Waals surface area (Å²) in [5, 5.41) is 0. The van der Waals surface area contributed by atoms with Crippen molar-refractivity contribution in [1.29, 1.82) is 0 Å². The highest BCUT2D eigenvalue weighted by molar-refractivity contribution is 5.56. The van der Waals surface area contributed by atoms with E-state index in [-0.39, 0.29) is 0 Å². The van der Waals surface area contributed by atoms with Gasteiger partial charge in [-0.05, 0) is 80.5 Å². The van der Waals surface area contributed by atoms with Gasteiger partial charge in [-0.2, -0.15) is 0 Å². The molecule has 0 N–H and O–H groups in total. The minimum atomic E-state index is 0.365. The third kappa shape index (κ3) is 6.83. The summed E-state index contributed by atoms with van der Waals surface area (Å²) in [6.45, 7) is 4.65. The summed E-state index contributed by atoms with van der Waals surface area (Å²) >= 11 is 0. The zero-order valence-electron chi connectivity index (χ0n) is 21.2. The maximum absolute atomic E-state index is 12.7. The Hall–Kier alpha value is -0.330. The van der Waals surface area contributed by atoms with Crippen LogP contribution in [0.5, 0.6) is 0 Å². The van der Waals surface area contributed by atoms with E-state index < -0.39 is 0 Å². The molecule has 180 valence electrons. The van der Waals surface area contributed by atoms with Gasteiger partial charge >= 0.3 is 0 Å². The highest BCUT2D eigenvalue weighted by Gasteiger charge is 2.49. The number of hydrogen-bond acceptors (Lipinski definition) is 1. The number of aldehydes is 1. The number of rotatable bonds is 12. The summed E-state index contributed by atoms with van der Waals surface area (Å²) in [4.78, 5) is 12.7. The van der Waals surface area contributed by atoms with Gasteiger partial charge in [-0.15, -0.1) is 0 Å². The van der Waals surface area contributed by atoms with E-state index in [0.29, 0.717) is 17.3 Å². The van der Waals surface area contributed by atoms with E-state index in [1.165, 1.54) is 141 Å². The molecule has 0 aromatic rings. The Labute approximate surface area is 194 Å². The van der Waals surface area contributed by atoms with E-state index in [1.807, 2.05) is 0 Å². The largest absolute Gasteiger partial charge is 0.303 e. The van der Waals surface area contributed by atoms with Gasteiger partial charge in [0.25, 0.3) is 0 Å². The first-order valence-electron chi connectivity index (χ1n) is 14.7. The van der Waals surface area contributed by atoms with Crippen LogP contribution in [0.2, 0.25) is 0 Å². The van der Waals surface area contributed by atoms with E-state index in [2.05, 4.69) is 13.8 Å². The van der Waals surface area contributed by atoms with Crippen molar-refractivity contribution >= 4 is 6.29 Å². The Morgan fingerprint density at radius 3 is 1.97 bits per heavy atom. The molecule has 0 aliphatic heterocycles. The normalized spacial score (nSPS) is 33.8. The SMILES string of the molecule is CCCCCCCC1CCC(C(C=O)[C@]2(C3CCCCC3)CC[C@H](CCC)CC2)CC1. The lowest BCUT2D eigenvalue weighted by atomic mass is 9.51. The van der Waals surface area contributed by atoms with Crippen LogP contribution in [0.4, 0.5) is 0 Å². The highest BCUT2D eigenvalue weighted by atomic mass is 16.1. The minimum absolute atomic E-state index is 0.365. The molecule has 0 spiro atoms. The molecule has 1 nitrogen and oxygen atoms in total. The van der Waals surface area contributed by atoms with Crippen LogP contribution in [-0.2, 0) is 4.79 Å². The van der Waals surface area contributed by atoms with Crippen molar-refractivity contribution in [2.24, 2.45) is 35.0 Å². The van der Waals surface area contributed by atoms with Gasteiger partial charge in [0.1, 0.15) is 6.29 Å². The van der Waals surface area contributed by atoms with Crippen LogP contribution in [0.25, 0.3) is 0 Å². The fraction of sp³-hybridized carbons (Fsp3) is 0.967. The first-order valence-corrected chi connectivity index (χ1v) is 14.7. The topological polar surface area (TPSA) is 17.1 Å². The summed E-state index contributed by atoms with van der Waals surface area (Å²) in [6, 6.07) is 0. The molecule has 31 heavy (non-hydrogen) atoms. The summed E-state index contributed by atoms with van der Waals surface area (Å²) in [5.74, 6) is 3.80. The molecule has 0 aromatic heterocycles. The molecule has 3 saturated carbocycles. The monoisotopic (exact) mass is 430 g/mol. The molecule has 3 fully saturated rings. The quantitative estimate of drug-likeness (QED) is 0.222. The summed E-state index contributed by atoms with van der Waals surface area (Å²) in [5.41, 5.74) is 0.365. The van der Waals surface area contributed by atoms with Gasteiger partial charge < -0.3 is 4.79 Å². The second kappa shape index (κ2) is 13.4. The first kappa shape index (κ1) is 25.3. The fourth-order valence-corrected chi connectivity index (χ4v) is 8.19. The molecule has 0 bridgehead atoms. The van der Waals surface area contributed by atoms with Crippen LogP contribution in [0.15, 0.2) is 0 Å². The van der Waals surface area contributed by atoms with Gasteiger partial charge in [0, 0.05) is 5.92 Å². The molecule has 0 radical (unpaired) electrons. The van der Waals surface area contributed by atoms with E-state index in [1.54, 1.807) is 0 Å². The van der Waals surface area contributed by atoms with Gasteiger partial charge in [0.15, 0.2) is 0 Å². The van der Waals surface area contributed by atoms with E-state index in [0.717, 1.165) is 17.8 Å². The maximum Gasteiger partial charge on any atom is 0.123 e. The average molecular weight is 431 g/mol. The Bertz CT molecular complexity index is 475. The number of hydrogen-bond donors (Lipinski definition) is 0. The van der Waals surface area contributed by atoms with Crippen LogP contribution in [0.3, 0.4) is 0 Å². The smallest absolute Gasteiger partial charge is 0.123 e. The highest BCUT2D eigenvalue weighted by Crippen LogP contribution is 2.57. The van der Waals surface area contributed by atoms with Gasteiger partial charge in [-0.3, -0.25) is 0 Å². The minimum Gasteiger partial charge on any atom is -0.303 e. The third-order valence-corrected chi connectivity index (χ3v) is 10.1. The number of carbonyl (C=O) groups is 1. The zero-order chi connectivity index (χ0) is 21.9. The molecule has 3 aliphatic rings. The second-order valence-corrected chi connectivity index (χ2v) is 11.9. The number of carbonyl (C=O) groups excluding carboxylic acids is 1. The first-order chi connectivity index (χ1) is 15.2. The standard InChI is InChI=1S/C30H54O/c1-3-5-6-7-9-13-26-16-18-27(19-17-26)29(24-31)30(28-14-10-8-11-15-28)22-20-25(12-4-2)21-23-30/h24-29H,3-23H2,1-2H3/t25-,26?,27?,29?,30+. The summed E-state index contributed by atoms with van der Waals surface area (Å²) in [7, 11) is 0. The van der Waals surface area contributed by atoms with Crippen LogP contribution in [-0.4, -0.2) is 6.29 Å². The lowest BCUT2D eigenvalue weighted by molar-refractivity contribution is -0.125. The molecular weight excluding hydrogens is 376 g/mol. The van der Waals surface area contributed by atoms with E-state index >= 15 is 0 Å². The van der Waals surface area contributed by atoms with Crippen LogP contribution in [0, 0.1) is 35.0 Å². The van der Waals surface area contributed by atoms with Gasteiger partial charge in [0.05, 0.1) is 0 Å². The van der Waals surface area contributed by atoms with Crippen LogP contribution >= 0.6 is 0 Å². The van der Waals surface area contributed by atoms with Crippen molar-refractivity contribution in [3.63, 3.8) is 0 Å². The molecule has 1 unspecified atom stereocenters. The van der Waals surface area contributed by atoms with Crippen molar-refractivity contribution < 1.29 is 4.79 Å². The zero-order valence-corrected chi connectivity index (χ0v) is 21.2. The molecule has 0 saturated heterocycles. The lowest BCUT2D eigenvalue weighted by Crippen LogP contribution is -2.46. The van der Waals surface area contributed by atoms with Crippen molar-refractivity contribution in [1.82, 2.24) is 0 Å². The molecule has 0 aromatic carbocycles. The molecule has 1 heteroatoms. The average Bonchev–Trinajstić information content (AvgIpc) is 2.82.